The third kappa shape index (κ3) is 3.51. The summed E-state index contributed by atoms with van der Waals surface area (Å²) in [5.41, 5.74) is -0.637. The molecule has 2 rings (SSSR count). The summed E-state index contributed by atoms with van der Waals surface area (Å²) < 4.78 is 18.4. The van der Waals surface area contributed by atoms with Gasteiger partial charge in [0.15, 0.2) is 11.6 Å². The lowest BCUT2D eigenvalue weighted by atomic mass is 9.95. The monoisotopic (exact) mass is 294 g/mol. The smallest absolute Gasteiger partial charge is 0.249 e. The lowest BCUT2D eigenvalue weighted by molar-refractivity contribution is -0.129. The number of nitrogens with one attached hydrogen (secondary N) is 2. The summed E-state index contributed by atoms with van der Waals surface area (Å²) in [7, 11) is 1.37. The van der Waals surface area contributed by atoms with E-state index in [1.807, 2.05) is 0 Å². The van der Waals surface area contributed by atoms with E-state index in [2.05, 4.69) is 10.6 Å². The maximum Gasteiger partial charge on any atom is 0.249 e. The highest BCUT2D eigenvalue weighted by molar-refractivity contribution is 6.00. The maximum absolute atomic E-state index is 13.6. The summed E-state index contributed by atoms with van der Waals surface area (Å²) in [5.74, 6) is -0.916. The zero-order valence-electron chi connectivity index (χ0n) is 12.2. The van der Waals surface area contributed by atoms with Crippen molar-refractivity contribution in [2.24, 2.45) is 0 Å². The summed E-state index contributed by atoms with van der Waals surface area (Å²) in [6.45, 7) is 1.69. The van der Waals surface area contributed by atoms with Gasteiger partial charge in [-0.1, -0.05) is 6.42 Å². The second-order valence-corrected chi connectivity index (χ2v) is 5.39. The van der Waals surface area contributed by atoms with E-state index in [1.54, 1.807) is 13.0 Å². The molecule has 5 nitrogen and oxygen atoms in total. The van der Waals surface area contributed by atoms with Gasteiger partial charge in [-0.3, -0.25) is 9.59 Å². The molecule has 21 heavy (non-hydrogen) atoms. The Labute approximate surface area is 122 Å². The van der Waals surface area contributed by atoms with Gasteiger partial charge in [0.2, 0.25) is 11.8 Å². The Kier molecular flexibility index (Phi) is 4.45. The Morgan fingerprint density at radius 2 is 2.19 bits per heavy atom. The zero-order valence-corrected chi connectivity index (χ0v) is 12.2. The van der Waals surface area contributed by atoms with Gasteiger partial charge in [-0.2, -0.15) is 0 Å². The quantitative estimate of drug-likeness (QED) is 0.898. The van der Waals surface area contributed by atoms with E-state index < -0.39 is 11.4 Å². The van der Waals surface area contributed by atoms with Crippen molar-refractivity contribution < 1.29 is 18.7 Å². The molecule has 114 valence electrons. The fourth-order valence-corrected chi connectivity index (χ4v) is 2.38. The van der Waals surface area contributed by atoms with Crippen LogP contribution < -0.4 is 15.4 Å². The predicted octanol–water partition coefficient (Wildman–Crippen LogP) is 2.22. The lowest BCUT2D eigenvalue weighted by Gasteiger charge is -2.27. The number of rotatable bonds is 3. The second-order valence-electron chi connectivity index (χ2n) is 5.39. The molecule has 2 N–H and O–H groups in total. The maximum atomic E-state index is 13.6. The number of benzene rings is 1. The highest BCUT2D eigenvalue weighted by atomic mass is 19.1. The molecule has 0 aromatic heterocycles. The first-order valence-corrected chi connectivity index (χ1v) is 6.90. The number of ether oxygens (including phenoxy) is 1. The van der Waals surface area contributed by atoms with Crippen LogP contribution in [0.2, 0.25) is 0 Å². The van der Waals surface area contributed by atoms with E-state index in [-0.39, 0.29) is 17.6 Å². The molecule has 0 saturated carbocycles. The lowest BCUT2D eigenvalue weighted by Crippen LogP contribution is -2.53. The number of carbonyl (C=O) groups excluding carboxylic acids is 2. The summed E-state index contributed by atoms with van der Waals surface area (Å²) >= 11 is 0. The van der Waals surface area contributed by atoms with Crippen LogP contribution in [0.1, 0.15) is 32.6 Å². The van der Waals surface area contributed by atoms with Crippen LogP contribution in [0.4, 0.5) is 10.1 Å². The van der Waals surface area contributed by atoms with Crippen LogP contribution >= 0.6 is 0 Å². The molecule has 1 heterocycles. The first-order chi connectivity index (χ1) is 9.94. The number of anilines is 1. The Balaban J connectivity index is 2.12. The van der Waals surface area contributed by atoms with Gasteiger partial charge in [0.05, 0.1) is 7.11 Å². The standard InChI is InChI=1S/C15H19FN2O3/c1-15(8-4-3-5-13(19)18-15)14(20)17-10-6-7-12(21-2)11(16)9-10/h6-7,9H,3-5,8H2,1-2H3,(H,17,20)(H,18,19). The van der Waals surface area contributed by atoms with Crippen molar-refractivity contribution in [1.29, 1.82) is 0 Å². The molecule has 0 radical (unpaired) electrons. The fraction of sp³-hybridized carbons (Fsp3) is 0.467. The Bertz CT molecular complexity index is 562. The van der Waals surface area contributed by atoms with Crippen molar-refractivity contribution in [1.82, 2.24) is 5.32 Å². The van der Waals surface area contributed by atoms with Crippen molar-refractivity contribution in [2.75, 3.05) is 12.4 Å². The summed E-state index contributed by atoms with van der Waals surface area (Å²) in [6.07, 6.45) is 2.55. The van der Waals surface area contributed by atoms with Gasteiger partial charge in [0, 0.05) is 18.2 Å². The SMILES string of the molecule is COc1ccc(NC(=O)C2(C)CCCCC(=O)N2)cc1F. The number of hydrogen-bond acceptors (Lipinski definition) is 3. The van der Waals surface area contributed by atoms with Gasteiger partial charge in [-0.25, -0.2) is 4.39 Å². The normalized spacial score (nSPS) is 22.1. The van der Waals surface area contributed by atoms with Crippen LogP contribution in [-0.4, -0.2) is 24.5 Å². The highest BCUT2D eigenvalue weighted by Crippen LogP contribution is 2.24. The van der Waals surface area contributed by atoms with Crippen LogP contribution in [0.25, 0.3) is 0 Å². The third-order valence-corrected chi connectivity index (χ3v) is 3.66. The van der Waals surface area contributed by atoms with Crippen LogP contribution in [0, 0.1) is 5.82 Å². The number of hydrogen-bond donors (Lipinski definition) is 2. The molecule has 1 aromatic carbocycles. The van der Waals surface area contributed by atoms with E-state index in [1.165, 1.54) is 19.2 Å². The Morgan fingerprint density at radius 3 is 2.86 bits per heavy atom. The number of halogens is 1. The minimum Gasteiger partial charge on any atom is -0.494 e. The molecule has 0 spiro atoms. The van der Waals surface area contributed by atoms with Crippen molar-refractivity contribution in [3.63, 3.8) is 0 Å². The van der Waals surface area contributed by atoms with E-state index in [0.717, 1.165) is 12.8 Å². The topological polar surface area (TPSA) is 67.4 Å². The van der Waals surface area contributed by atoms with Gasteiger partial charge >= 0.3 is 0 Å². The number of amides is 2. The zero-order chi connectivity index (χ0) is 15.5. The largest absolute Gasteiger partial charge is 0.494 e. The molecular formula is C15H19FN2O3. The first kappa shape index (κ1) is 15.3. The summed E-state index contributed by atoms with van der Waals surface area (Å²) in [4.78, 5) is 24.0. The van der Waals surface area contributed by atoms with Gasteiger partial charge in [-0.05, 0) is 31.9 Å². The molecule has 1 unspecified atom stereocenters. The molecule has 0 aliphatic carbocycles. The molecule has 1 aliphatic rings. The average Bonchev–Trinajstić information content (AvgIpc) is 2.61. The van der Waals surface area contributed by atoms with Gasteiger partial charge < -0.3 is 15.4 Å². The van der Waals surface area contributed by atoms with E-state index in [4.69, 9.17) is 4.74 Å². The molecule has 1 atom stereocenters. The Morgan fingerprint density at radius 1 is 1.43 bits per heavy atom. The molecule has 1 aliphatic heterocycles. The van der Waals surface area contributed by atoms with E-state index >= 15 is 0 Å². The van der Waals surface area contributed by atoms with Crippen molar-refractivity contribution >= 4 is 17.5 Å². The van der Waals surface area contributed by atoms with Crippen LogP contribution in [0.15, 0.2) is 18.2 Å². The highest BCUT2D eigenvalue weighted by Gasteiger charge is 2.36. The molecule has 2 amide bonds. The minimum atomic E-state index is -0.968. The van der Waals surface area contributed by atoms with Crippen LogP contribution in [-0.2, 0) is 9.59 Å². The average molecular weight is 294 g/mol. The van der Waals surface area contributed by atoms with Crippen molar-refractivity contribution in [3.8, 4) is 5.75 Å². The van der Waals surface area contributed by atoms with Gasteiger partial charge in [0.1, 0.15) is 5.54 Å². The summed E-state index contributed by atoms with van der Waals surface area (Å²) in [6, 6.07) is 4.19. The minimum absolute atomic E-state index is 0.113. The van der Waals surface area contributed by atoms with Gasteiger partial charge in [0.25, 0.3) is 0 Å². The molecule has 1 fully saturated rings. The molecule has 1 aromatic rings. The second kappa shape index (κ2) is 6.11. The molecule has 6 heteroatoms. The van der Waals surface area contributed by atoms with Gasteiger partial charge in [-0.15, -0.1) is 0 Å². The third-order valence-electron chi connectivity index (χ3n) is 3.66. The number of carbonyl (C=O) groups is 2. The van der Waals surface area contributed by atoms with E-state index in [0.29, 0.717) is 18.5 Å². The van der Waals surface area contributed by atoms with Crippen molar-refractivity contribution in [3.05, 3.63) is 24.0 Å². The fourth-order valence-electron chi connectivity index (χ4n) is 2.38. The molecular weight excluding hydrogens is 275 g/mol. The van der Waals surface area contributed by atoms with E-state index in [9.17, 15) is 14.0 Å². The van der Waals surface area contributed by atoms with Crippen LogP contribution in [0.3, 0.4) is 0 Å². The molecule has 0 bridgehead atoms. The van der Waals surface area contributed by atoms with Crippen molar-refractivity contribution in [2.45, 2.75) is 38.1 Å². The Hall–Kier alpha value is -2.11. The molecule has 1 saturated heterocycles. The number of methoxy groups -OCH3 is 1. The van der Waals surface area contributed by atoms with Crippen LogP contribution in [0.5, 0.6) is 5.75 Å². The summed E-state index contributed by atoms with van der Waals surface area (Å²) in [5, 5.41) is 5.39. The predicted molar refractivity (Wildman–Crippen MR) is 76.6 cm³/mol. The first-order valence-electron chi connectivity index (χ1n) is 6.90.